The summed E-state index contributed by atoms with van der Waals surface area (Å²) in [5.74, 6) is 1.53. The van der Waals surface area contributed by atoms with E-state index in [4.69, 9.17) is 4.74 Å². The summed E-state index contributed by atoms with van der Waals surface area (Å²) in [7, 11) is 1.64. The number of anilines is 1. The molecule has 1 aliphatic rings. The third-order valence-corrected chi connectivity index (χ3v) is 4.05. The van der Waals surface area contributed by atoms with Crippen LogP contribution in [0.15, 0.2) is 29.5 Å². The van der Waals surface area contributed by atoms with Crippen molar-refractivity contribution in [2.24, 2.45) is 0 Å². The summed E-state index contributed by atoms with van der Waals surface area (Å²) in [5, 5.41) is 10.6. The smallest absolute Gasteiger partial charge is 0.258 e. The maximum atomic E-state index is 12.4. The Kier molecular flexibility index (Phi) is 3.12. The van der Waals surface area contributed by atoms with E-state index in [1.807, 2.05) is 18.2 Å². The van der Waals surface area contributed by atoms with Crippen molar-refractivity contribution in [3.05, 3.63) is 35.1 Å². The molecule has 1 aromatic carbocycles. The van der Waals surface area contributed by atoms with Crippen LogP contribution in [0.3, 0.4) is 0 Å². The molecule has 1 aromatic heterocycles. The van der Waals surface area contributed by atoms with E-state index in [0.29, 0.717) is 12.1 Å². The van der Waals surface area contributed by atoms with Crippen LogP contribution in [0.25, 0.3) is 10.9 Å². The summed E-state index contributed by atoms with van der Waals surface area (Å²) in [5.41, 5.74) is 2.49. The number of nitrogens with one attached hydrogen (secondary N) is 1. The highest BCUT2D eigenvalue weighted by Gasteiger charge is 2.29. The number of rotatable bonds is 2. The molecule has 1 amide bonds. The fraction of sp³-hybridized carbons (Fsp3) is 0.312. The maximum Gasteiger partial charge on any atom is 0.258 e. The summed E-state index contributed by atoms with van der Waals surface area (Å²) < 4.78 is 5.26. The van der Waals surface area contributed by atoms with Gasteiger partial charge in [0.15, 0.2) is 0 Å². The Balaban J connectivity index is 2.07. The van der Waals surface area contributed by atoms with Gasteiger partial charge in [-0.3, -0.25) is 9.69 Å². The number of carbonyl (C=O) groups excluding carboxylic acids is 1. The van der Waals surface area contributed by atoms with Crippen molar-refractivity contribution in [1.29, 1.82) is 0 Å². The van der Waals surface area contributed by atoms with E-state index in [-0.39, 0.29) is 11.7 Å². The molecular weight excluding hydrogens is 268 g/mol. The SMILES string of the molecule is COc1ccc2[nH]c3c(c2c1)CCN3C(=O)/C(C)=C(\C)O. The van der Waals surface area contributed by atoms with Crippen LogP contribution in [0, 0.1) is 0 Å². The molecule has 0 bridgehead atoms. The molecule has 0 atom stereocenters. The number of amides is 1. The molecule has 5 nitrogen and oxygen atoms in total. The molecule has 2 aromatic rings. The number of benzene rings is 1. The van der Waals surface area contributed by atoms with Crippen LogP contribution in [0.1, 0.15) is 19.4 Å². The number of fused-ring (bicyclic) bond motifs is 3. The van der Waals surface area contributed by atoms with Crippen LogP contribution in [0.5, 0.6) is 5.75 Å². The molecule has 2 N–H and O–H groups in total. The van der Waals surface area contributed by atoms with Crippen molar-refractivity contribution in [2.45, 2.75) is 20.3 Å². The van der Waals surface area contributed by atoms with E-state index in [1.165, 1.54) is 6.92 Å². The monoisotopic (exact) mass is 286 g/mol. The fourth-order valence-electron chi connectivity index (χ4n) is 2.72. The Morgan fingerprint density at radius 2 is 2.14 bits per heavy atom. The molecule has 110 valence electrons. The van der Waals surface area contributed by atoms with Gasteiger partial charge in [0, 0.05) is 23.0 Å². The molecule has 2 heterocycles. The second-order valence-electron chi connectivity index (χ2n) is 5.28. The zero-order chi connectivity index (χ0) is 15.1. The van der Waals surface area contributed by atoms with Gasteiger partial charge < -0.3 is 14.8 Å². The largest absolute Gasteiger partial charge is 0.512 e. The molecule has 0 spiro atoms. The first-order valence-electron chi connectivity index (χ1n) is 6.90. The summed E-state index contributed by atoms with van der Waals surface area (Å²) in [6.07, 6.45) is 0.798. The number of hydrogen-bond donors (Lipinski definition) is 2. The second-order valence-corrected chi connectivity index (χ2v) is 5.28. The van der Waals surface area contributed by atoms with Crippen molar-refractivity contribution in [2.75, 3.05) is 18.6 Å². The first-order chi connectivity index (χ1) is 10.0. The van der Waals surface area contributed by atoms with Gasteiger partial charge in [0.25, 0.3) is 5.91 Å². The number of methoxy groups -OCH3 is 1. The van der Waals surface area contributed by atoms with Gasteiger partial charge in [0.1, 0.15) is 11.6 Å². The van der Waals surface area contributed by atoms with Gasteiger partial charge in [-0.25, -0.2) is 0 Å². The Bertz CT molecular complexity index is 754. The van der Waals surface area contributed by atoms with Gasteiger partial charge in [-0.2, -0.15) is 0 Å². The zero-order valence-electron chi connectivity index (χ0n) is 12.4. The number of aromatic nitrogens is 1. The van der Waals surface area contributed by atoms with Gasteiger partial charge in [-0.15, -0.1) is 0 Å². The van der Waals surface area contributed by atoms with E-state index in [0.717, 1.165) is 34.5 Å². The number of aliphatic hydroxyl groups is 1. The predicted molar refractivity (Wildman–Crippen MR) is 81.9 cm³/mol. The Morgan fingerprint density at radius 3 is 2.81 bits per heavy atom. The van der Waals surface area contributed by atoms with Gasteiger partial charge in [-0.1, -0.05) is 0 Å². The van der Waals surface area contributed by atoms with Crippen molar-refractivity contribution in [3.63, 3.8) is 0 Å². The molecule has 3 rings (SSSR count). The zero-order valence-corrected chi connectivity index (χ0v) is 12.4. The highest BCUT2D eigenvalue weighted by Crippen LogP contribution is 2.36. The minimum Gasteiger partial charge on any atom is -0.512 e. The minimum absolute atomic E-state index is 0.0613. The Morgan fingerprint density at radius 1 is 1.38 bits per heavy atom. The molecule has 0 unspecified atom stereocenters. The first kappa shape index (κ1) is 13.5. The molecule has 0 fully saturated rings. The van der Waals surface area contributed by atoms with E-state index in [1.54, 1.807) is 18.9 Å². The Labute approximate surface area is 122 Å². The minimum atomic E-state index is -0.160. The lowest BCUT2D eigenvalue weighted by molar-refractivity contribution is -0.115. The summed E-state index contributed by atoms with van der Waals surface area (Å²) in [4.78, 5) is 17.4. The second kappa shape index (κ2) is 4.84. The lowest BCUT2D eigenvalue weighted by Crippen LogP contribution is -2.30. The van der Waals surface area contributed by atoms with E-state index in [9.17, 15) is 9.90 Å². The number of carbonyl (C=O) groups is 1. The average Bonchev–Trinajstić information content (AvgIpc) is 3.03. The molecule has 1 aliphatic heterocycles. The maximum absolute atomic E-state index is 12.4. The number of nitrogens with zero attached hydrogens (tertiary/aromatic N) is 1. The van der Waals surface area contributed by atoms with Crippen LogP contribution in [0.2, 0.25) is 0 Å². The van der Waals surface area contributed by atoms with Gasteiger partial charge in [-0.05, 0) is 38.5 Å². The Hall–Kier alpha value is -2.43. The molecule has 0 radical (unpaired) electrons. The molecule has 5 heteroatoms. The van der Waals surface area contributed by atoms with E-state index < -0.39 is 0 Å². The summed E-state index contributed by atoms with van der Waals surface area (Å²) >= 11 is 0. The van der Waals surface area contributed by atoms with Crippen LogP contribution >= 0.6 is 0 Å². The average molecular weight is 286 g/mol. The quantitative estimate of drug-likeness (QED) is 0.659. The topological polar surface area (TPSA) is 65.6 Å². The predicted octanol–water partition coefficient (Wildman–Crippen LogP) is 2.92. The highest BCUT2D eigenvalue weighted by molar-refractivity contribution is 6.08. The lowest BCUT2D eigenvalue weighted by atomic mass is 10.1. The van der Waals surface area contributed by atoms with Crippen molar-refractivity contribution in [3.8, 4) is 5.75 Å². The molecule has 21 heavy (non-hydrogen) atoms. The standard InChI is InChI=1S/C16H18N2O3/c1-9(10(2)19)16(20)18-7-6-12-13-8-11(21-3)4-5-14(13)17-15(12)18/h4-5,8,17,19H,6-7H2,1-3H3/b10-9+. The number of ether oxygens (including phenoxy) is 1. The third kappa shape index (κ3) is 2.05. The van der Waals surface area contributed by atoms with Crippen molar-refractivity contribution < 1.29 is 14.6 Å². The summed E-state index contributed by atoms with van der Waals surface area (Å²) in [6.45, 7) is 3.79. The number of allylic oxidation sites excluding steroid dienone is 1. The number of aliphatic hydroxyl groups excluding tert-OH is 1. The van der Waals surface area contributed by atoms with Crippen LogP contribution < -0.4 is 9.64 Å². The van der Waals surface area contributed by atoms with E-state index in [2.05, 4.69) is 4.98 Å². The molecule has 0 saturated heterocycles. The number of aromatic amines is 1. The van der Waals surface area contributed by atoms with Gasteiger partial charge in [0.05, 0.1) is 18.4 Å². The molecule has 0 saturated carbocycles. The number of H-pyrrole nitrogens is 1. The normalized spacial score (nSPS) is 15.1. The van der Waals surface area contributed by atoms with Crippen molar-refractivity contribution >= 4 is 22.6 Å². The third-order valence-electron chi connectivity index (χ3n) is 4.05. The molecular formula is C16H18N2O3. The van der Waals surface area contributed by atoms with Crippen molar-refractivity contribution in [1.82, 2.24) is 4.98 Å². The molecule has 0 aliphatic carbocycles. The first-order valence-corrected chi connectivity index (χ1v) is 6.90. The lowest BCUT2D eigenvalue weighted by Gasteiger charge is -2.16. The van der Waals surface area contributed by atoms with Crippen LogP contribution in [-0.4, -0.2) is 29.7 Å². The summed E-state index contributed by atoms with van der Waals surface area (Å²) in [6, 6.07) is 5.83. The fourth-order valence-corrected chi connectivity index (χ4v) is 2.72. The van der Waals surface area contributed by atoms with Gasteiger partial charge >= 0.3 is 0 Å². The van der Waals surface area contributed by atoms with Crippen LogP contribution in [-0.2, 0) is 11.2 Å². The highest BCUT2D eigenvalue weighted by atomic mass is 16.5. The number of hydrogen-bond acceptors (Lipinski definition) is 3. The van der Waals surface area contributed by atoms with Crippen LogP contribution in [0.4, 0.5) is 5.82 Å². The van der Waals surface area contributed by atoms with Gasteiger partial charge in [0.2, 0.25) is 0 Å². The van der Waals surface area contributed by atoms with E-state index >= 15 is 0 Å².